The number of methoxy groups -OCH3 is 1. The van der Waals surface area contributed by atoms with Crippen molar-refractivity contribution in [2.75, 3.05) is 13.7 Å². The van der Waals surface area contributed by atoms with Crippen LogP contribution in [0, 0.1) is 11.8 Å². The third kappa shape index (κ3) is 2.96. The second kappa shape index (κ2) is 6.67. The number of pyridine rings is 1. The van der Waals surface area contributed by atoms with Gasteiger partial charge in [-0.05, 0) is 42.2 Å². The topological polar surface area (TPSA) is 31.4 Å². The highest BCUT2D eigenvalue weighted by Crippen LogP contribution is 2.41. The van der Waals surface area contributed by atoms with Crippen molar-refractivity contribution in [2.45, 2.75) is 15.9 Å². The molecule has 2 aromatic rings. The monoisotopic (exact) mass is 405 g/mol. The molecule has 0 aliphatic carbocycles. The number of hydrogen-bond acceptors (Lipinski definition) is 3. The molecule has 4 heteroatoms. The summed E-state index contributed by atoms with van der Waals surface area (Å²) in [7, 11) is 1.67. The first-order valence-electron chi connectivity index (χ1n) is 7.11. The maximum atomic E-state index is 6.08. The lowest BCUT2D eigenvalue weighted by molar-refractivity contribution is 0.0559. The van der Waals surface area contributed by atoms with Crippen molar-refractivity contribution < 1.29 is 9.47 Å². The van der Waals surface area contributed by atoms with Crippen molar-refractivity contribution in [3.8, 4) is 17.6 Å². The molecule has 1 fully saturated rings. The lowest BCUT2D eigenvalue weighted by atomic mass is 9.91. The molecular formula is C18H16INO2. The molecule has 0 spiro atoms. The first-order chi connectivity index (χ1) is 10.7. The van der Waals surface area contributed by atoms with Crippen molar-refractivity contribution in [1.82, 2.24) is 4.98 Å². The van der Waals surface area contributed by atoms with Crippen LogP contribution in [0.5, 0.6) is 5.75 Å². The van der Waals surface area contributed by atoms with Crippen LogP contribution >= 0.6 is 22.6 Å². The number of rotatable bonds is 2. The van der Waals surface area contributed by atoms with E-state index < -0.39 is 5.60 Å². The molecule has 3 rings (SSSR count). The molecule has 3 nitrogen and oxygen atoms in total. The number of ether oxygens (including phenoxy) is 2. The first-order valence-corrected chi connectivity index (χ1v) is 8.36. The Hall–Kier alpha value is -1.58. The molecular weight excluding hydrogens is 389 g/mol. The predicted octanol–water partition coefficient (Wildman–Crippen LogP) is 3.56. The molecule has 0 radical (unpaired) electrons. The standard InChI is InChI=1S/C18H16INO2/c1-21-16-7-5-14(6-8-16)18(17(19)10-13-22-18)11-9-15-4-2-3-12-20-15/h2-8,12,17H,10,13H2,1H3/t17-,18+/m1/s1. The predicted molar refractivity (Wildman–Crippen MR) is 94.2 cm³/mol. The molecule has 0 N–H and O–H groups in total. The Bertz CT molecular complexity index is 691. The van der Waals surface area contributed by atoms with Crippen molar-refractivity contribution in [2.24, 2.45) is 0 Å². The Balaban J connectivity index is 2.00. The Morgan fingerprint density at radius 1 is 1.27 bits per heavy atom. The summed E-state index contributed by atoms with van der Waals surface area (Å²) in [6.45, 7) is 0.719. The molecule has 1 aromatic carbocycles. The number of hydrogen-bond donors (Lipinski definition) is 0. The third-order valence-electron chi connectivity index (χ3n) is 3.70. The molecule has 0 bridgehead atoms. The van der Waals surface area contributed by atoms with E-state index in [1.165, 1.54) is 0 Å². The highest BCUT2D eigenvalue weighted by molar-refractivity contribution is 14.1. The largest absolute Gasteiger partial charge is 0.497 e. The molecule has 1 aromatic heterocycles. The summed E-state index contributed by atoms with van der Waals surface area (Å²) in [4.78, 5) is 4.27. The van der Waals surface area contributed by atoms with Gasteiger partial charge in [0.15, 0.2) is 5.60 Å². The fourth-order valence-corrected chi connectivity index (χ4v) is 3.45. The summed E-state index contributed by atoms with van der Waals surface area (Å²) >= 11 is 2.43. The van der Waals surface area contributed by atoms with Gasteiger partial charge in [-0.2, -0.15) is 0 Å². The minimum atomic E-state index is -0.579. The number of nitrogens with zero attached hydrogens (tertiary/aromatic N) is 1. The highest BCUT2D eigenvalue weighted by atomic mass is 127. The number of benzene rings is 1. The first kappa shape index (κ1) is 15.3. The zero-order valence-corrected chi connectivity index (χ0v) is 14.4. The maximum absolute atomic E-state index is 6.08. The fourth-order valence-electron chi connectivity index (χ4n) is 2.50. The quantitative estimate of drug-likeness (QED) is 0.435. The zero-order valence-electron chi connectivity index (χ0n) is 12.3. The van der Waals surface area contributed by atoms with Crippen molar-refractivity contribution >= 4 is 22.6 Å². The molecule has 112 valence electrons. The van der Waals surface area contributed by atoms with E-state index in [2.05, 4.69) is 39.4 Å². The van der Waals surface area contributed by atoms with E-state index in [1.54, 1.807) is 13.3 Å². The molecule has 1 saturated heterocycles. The van der Waals surface area contributed by atoms with E-state index in [0.717, 1.165) is 30.0 Å². The summed E-state index contributed by atoms with van der Waals surface area (Å²) in [6.07, 6.45) is 2.74. The minimum Gasteiger partial charge on any atom is -0.497 e. The van der Waals surface area contributed by atoms with Gasteiger partial charge in [0.25, 0.3) is 0 Å². The number of halogens is 1. The van der Waals surface area contributed by atoms with Crippen LogP contribution in [0.4, 0.5) is 0 Å². The van der Waals surface area contributed by atoms with E-state index in [1.807, 2.05) is 42.5 Å². The average molecular weight is 405 g/mol. The van der Waals surface area contributed by atoms with Gasteiger partial charge in [-0.1, -0.05) is 46.7 Å². The molecule has 0 unspecified atom stereocenters. The molecule has 0 amide bonds. The summed E-state index contributed by atoms with van der Waals surface area (Å²) in [5.74, 6) is 7.33. The maximum Gasteiger partial charge on any atom is 0.166 e. The minimum absolute atomic E-state index is 0.301. The average Bonchev–Trinajstić information content (AvgIpc) is 2.96. The second-order valence-corrected chi connectivity index (χ2v) is 6.54. The van der Waals surface area contributed by atoms with Crippen molar-refractivity contribution in [1.29, 1.82) is 0 Å². The molecule has 1 aliphatic rings. The van der Waals surface area contributed by atoms with Crippen LogP contribution in [-0.4, -0.2) is 22.6 Å². The summed E-state index contributed by atoms with van der Waals surface area (Å²) in [6, 6.07) is 13.7. The smallest absolute Gasteiger partial charge is 0.166 e. The van der Waals surface area contributed by atoms with Crippen LogP contribution in [0.15, 0.2) is 48.7 Å². The molecule has 1 aliphatic heterocycles. The van der Waals surface area contributed by atoms with Crippen LogP contribution in [0.3, 0.4) is 0 Å². The van der Waals surface area contributed by atoms with Crippen LogP contribution < -0.4 is 4.74 Å². The van der Waals surface area contributed by atoms with Gasteiger partial charge in [0, 0.05) is 6.20 Å². The van der Waals surface area contributed by atoms with E-state index in [0.29, 0.717) is 3.92 Å². The Morgan fingerprint density at radius 3 is 2.68 bits per heavy atom. The van der Waals surface area contributed by atoms with E-state index in [4.69, 9.17) is 9.47 Å². The van der Waals surface area contributed by atoms with E-state index >= 15 is 0 Å². The normalized spacial score (nSPS) is 23.6. The lowest BCUT2D eigenvalue weighted by Crippen LogP contribution is -2.31. The van der Waals surface area contributed by atoms with Gasteiger partial charge in [-0.15, -0.1) is 0 Å². The molecule has 22 heavy (non-hydrogen) atoms. The Kier molecular flexibility index (Phi) is 4.65. The molecule has 2 atom stereocenters. The zero-order chi connectivity index (χ0) is 15.4. The number of alkyl halides is 1. The van der Waals surface area contributed by atoms with Gasteiger partial charge >= 0.3 is 0 Å². The lowest BCUT2D eigenvalue weighted by Gasteiger charge is -2.26. The third-order valence-corrected chi connectivity index (χ3v) is 5.20. The van der Waals surface area contributed by atoms with Crippen LogP contribution in [0.1, 0.15) is 17.7 Å². The summed E-state index contributed by atoms with van der Waals surface area (Å²) < 4.78 is 11.6. The van der Waals surface area contributed by atoms with Crippen LogP contribution in [0.2, 0.25) is 0 Å². The van der Waals surface area contributed by atoms with Crippen molar-refractivity contribution in [3.63, 3.8) is 0 Å². The Labute approximate surface area is 144 Å². The molecule has 0 saturated carbocycles. The van der Waals surface area contributed by atoms with Crippen LogP contribution in [-0.2, 0) is 10.3 Å². The van der Waals surface area contributed by atoms with Crippen molar-refractivity contribution in [3.05, 3.63) is 59.9 Å². The number of aromatic nitrogens is 1. The van der Waals surface area contributed by atoms with Gasteiger partial charge < -0.3 is 9.47 Å². The van der Waals surface area contributed by atoms with Gasteiger partial charge in [-0.25, -0.2) is 4.98 Å². The van der Waals surface area contributed by atoms with Gasteiger partial charge in [-0.3, -0.25) is 0 Å². The van der Waals surface area contributed by atoms with Gasteiger partial charge in [0.05, 0.1) is 17.6 Å². The highest BCUT2D eigenvalue weighted by Gasteiger charge is 2.43. The van der Waals surface area contributed by atoms with Gasteiger partial charge in [0.1, 0.15) is 11.4 Å². The van der Waals surface area contributed by atoms with Crippen LogP contribution in [0.25, 0.3) is 0 Å². The van der Waals surface area contributed by atoms with E-state index in [-0.39, 0.29) is 0 Å². The Morgan fingerprint density at radius 2 is 2.09 bits per heavy atom. The fraction of sp³-hybridized carbons (Fsp3) is 0.278. The van der Waals surface area contributed by atoms with E-state index in [9.17, 15) is 0 Å². The summed E-state index contributed by atoms with van der Waals surface area (Å²) in [5.41, 5.74) is 1.24. The van der Waals surface area contributed by atoms with Gasteiger partial charge in [0.2, 0.25) is 0 Å². The molecule has 2 heterocycles. The second-order valence-electron chi connectivity index (χ2n) is 5.03. The SMILES string of the molecule is COc1ccc([C@]2(C#Cc3ccccn3)OCC[C@H]2I)cc1. The summed E-state index contributed by atoms with van der Waals surface area (Å²) in [5, 5.41) is 0.